The molecule has 34 heavy (non-hydrogen) atoms. The van der Waals surface area contributed by atoms with Crippen molar-refractivity contribution in [2.45, 2.75) is 11.3 Å². The number of nitrogens with one attached hydrogen (secondary N) is 2. The average molecular weight is 486 g/mol. The summed E-state index contributed by atoms with van der Waals surface area (Å²) >= 11 is 0. The highest BCUT2D eigenvalue weighted by Crippen LogP contribution is 2.27. The van der Waals surface area contributed by atoms with Crippen molar-refractivity contribution in [2.24, 2.45) is 0 Å². The first-order valence-corrected chi connectivity index (χ1v) is 11.6. The maximum absolute atomic E-state index is 12.8. The molecule has 0 unspecified atom stereocenters. The maximum atomic E-state index is 12.8. The van der Waals surface area contributed by atoms with Gasteiger partial charge in [0, 0.05) is 18.7 Å². The van der Waals surface area contributed by atoms with E-state index in [4.69, 9.17) is 9.47 Å². The molecule has 0 atom stereocenters. The number of nitro groups is 1. The van der Waals surface area contributed by atoms with Crippen LogP contribution in [0.2, 0.25) is 0 Å². The van der Waals surface area contributed by atoms with Crippen molar-refractivity contribution in [3.8, 4) is 11.5 Å². The molecule has 178 valence electrons. The number of amides is 1. The van der Waals surface area contributed by atoms with Gasteiger partial charge in [-0.15, -0.1) is 0 Å². The monoisotopic (exact) mass is 485 g/mol. The molecule has 0 saturated carbocycles. The Hall–Kier alpha value is -4.12. The number of sulfonamides is 1. The van der Waals surface area contributed by atoms with Gasteiger partial charge in [0.1, 0.15) is 0 Å². The Balaban J connectivity index is 1.69. The van der Waals surface area contributed by atoms with E-state index >= 15 is 0 Å². The summed E-state index contributed by atoms with van der Waals surface area (Å²) in [7, 11) is -0.982. The molecule has 0 aromatic heterocycles. The lowest BCUT2D eigenvalue weighted by Gasteiger charge is -2.13. The third kappa shape index (κ3) is 5.81. The lowest BCUT2D eigenvalue weighted by Crippen LogP contribution is -2.27. The van der Waals surface area contributed by atoms with Crippen molar-refractivity contribution in [3.63, 3.8) is 0 Å². The molecule has 10 nitrogen and oxygen atoms in total. The predicted molar refractivity (Wildman–Crippen MR) is 126 cm³/mol. The molecule has 0 aliphatic rings. The molecule has 0 saturated heterocycles. The van der Waals surface area contributed by atoms with Crippen LogP contribution >= 0.6 is 0 Å². The molecule has 0 bridgehead atoms. The smallest absolute Gasteiger partial charge is 0.269 e. The van der Waals surface area contributed by atoms with Gasteiger partial charge in [-0.3, -0.25) is 19.6 Å². The van der Waals surface area contributed by atoms with E-state index in [9.17, 15) is 23.3 Å². The molecule has 0 aliphatic heterocycles. The highest BCUT2D eigenvalue weighted by molar-refractivity contribution is 7.92. The molecule has 0 fully saturated rings. The number of hydrogen-bond acceptors (Lipinski definition) is 7. The second-order valence-electron chi connectivity index (χ2n) is 7.10. The first kappa shape index (κ1) is 24.5. The minimum atomic E-state index is -4.07. The van der Waals surface area contributed by atoms with Crippen LogP contribution in [-0.2, 0) is 16.4 Å². The van der Waals surface area contributed by atoms with E-state index < -0.39 is 20.9 Å². The second kappa shape index (κ2) is 10.7. The zero-order valence-electron chi connectivity index (χ0n) is 18.5. The van der Waals surface area contributed by atoms with E-state index in [0.717, 1.165) is 29.8 Å². The highest BCUT2D eigenvalue weighted by atomic mass is 32.2. The highest BCUT2D eigenvalue weighted by Gasteiger charge is 2.19. The number of benzene rings is 3. The minimum absolute atomic E-state index is 0.0875. The average Bonchev–Trinajstić information content (AvgIpc) is 2.84. The van der Waals surface area contributed by atoms with Gasteiger partial charge in [-0.05, 0) is 48.4 Å². The molecule has 1 amide bonds. The van der Waals surface area contributed by atoms with Crippen LogP contribution in [0.25, 0.3) is 0 Å². The Bertz CT molecular complexity index is 1290. The molecule has 0 radical (unpaired) electrons. The van der Waals surface area contributed by atoms with Crippen molar-refractivity contribution in [1.82, 2.24) is 5.32 Å². The number of methoxy groups -OCH3 is 2. The largest absolute Gasteiger partial charge is 0.493 e. The van der Waals surface area contributed by atoms with E-state index in [1.54, 1.807) is 25.3 Å². The number of ether oxygens (including phenoxy) is 2. The molecule has 3 rings (SSSR count). The van der Waals surface area contributed by atoms with Gasteiger partial charge in [-0.25, -0.2) is 8.42 Å². The van der Waals surface area contributed by atoms with Crippen molar-refractivity contribution >= 4 is 27.3 Å². The first-order chi connectivity index (χ1) is 16.2. The number of carbonyl (C=O) groups excluding carboxylic acids is 1. The third-order valence-corrected chi connectivity index (χ3v) is 6.30. The van der Waals surface area contributed by atoms with Crippen LogP contribution in [0.5, 0.6) is 11.5 Å². The molecule has 0 heterocycles. The van der Waals surface area contributed by atoms with Gasteiger partial charge < -0.3 is 14.8 Å². The summed E-state index contributed by atoms with van der Waals surface area (Å²) in [5.41, 5.74) is 0.920. The summed E-state index contributed by atoms with van der Waals surface area (Å²) in [5.74, 6) is 0.726. The summed E-state index contributed by atoms with van der Waals surface area (Å²) in [6, 6.07) is 16.1. The number of para-hydroxylation sites is 1. The van der Waals surface area contributed by atoms with E-state index in [0.29, 0.717) is 24.5 Å². The fraction of sp³-hybridized carbons (Fsp3) is 0.174. The van der Waals surface area contributed by atoms with Crippen LogP contribution in [-0.4, -0.2) is 40.0 Å². The van der Waals surface area contributed by atoms with Crippen LogP contribution in [0.4, 0.5) is 11.4 Å². The molecule has 3 aromatic rings. The lowest BCUT2D eigenvalue weighted by molar-refractivity contribution is -0.384. The van der Waals surface area contributed by atoms with Crippen molar-refractivity contribution in [1.29, 1.82) is 0 Å². The van der Waals surface area contributed by atoms with Crippen LogP contribution < -0.4 is 19.5 Å². The number of nitro benzene ring substituents is 1. The summed E-state index contributed by atoms with van der Waals surface area (Å²) in [4.78, 5) is 22.8. The summed E-state index contributed by atoms with van der Waals surface area (Å²) in [5, 5.41) is 13.6. The zero-order valence-corrected chi connectivity index (χ0v) is 19.3. The Morgan fingerprint density at radius 1 is 0.971 bits per heavy atom. The Morgan fingerprint density at radius 2 is 1.65 bits per heavy atom. The van der Waals surface area contributed by atoms with Crippen molar-refractivity contribution < 1.29 is 27.6 Å². The number of nitrogens with zero attached hydrogens (tertiary/aromatic N) is 1. The Morgan fingerprint density at radius 3 is 2.29 bits per heavy atom. The molecule has 0 spiro atoms. The molecular formula is C23H23N3O7S. The number of carbonyl (C=O) groups is 1. The summed E-state index contributed by atoms with van der Waals surface area (Å²) in [6.45, 7) is 0.303. The summed E-state index contributed by atoms with van der Waals surface area (Å²) < 4.78 is 38.3. The standard InChI is InChI=1S/C23H23N3O7S/c1-32-21-12-7-16(15-22(21)33-2)13-14-24-23(27)19-5-3-4-6-20(19)25-34(30,31)18-10-8-17(9-11-18)26(28)29/h3-12,15,25H,13-14H2,1-2H3,(H,24,27). The normalized spacial score (nSPS) is 10.9. The molecule has 0 aliphatic carbocycles. The van der Waals surface area contributed by atoms with E-state index in [1.165, 1.54) is 19.2 Å². The number of hydrogen-bond donors (Lipinski definition) is 2. The fourth-order valence-corrected chi connectivity index (χ4v) is 4.25. The van der Waals surface area contributed by atoms with Crippen LogP contribution in [0.3, 0.4) is 0 Å². The van der Waals surface area contributed by atoms with E-state index in [-0.39, 0.29) is 21.8 Å². The molecular weight excluding hydrogens is 462 g/mol. The predicted octanol–water partition coefficient (Wildman–Crippen LogP) is 3.39. The zero-order chi connectivity index (χ0) is 24.7. The van der Waals surface area contributed by atoms with Crippen molar-refractivity contribution in [3.05, 3.63) is 88.0 Å². The van der Waals surface area contributed by atoms with E-state index in [2.05, 4.69) is 10.0 Å². The van der Waals surface area contributed by atoms with Gasteiger partial charge in [-0.1, -0.05) is 18.2 Å². The topological polar surface area (TPSA) is 137 Å². The lowest BCUT2D eigenvalue weighted by atomic mass is 10.1. The molecule has 11 heteroatoms. The quantitative estimate of drug-likeness (QED) is 0.332. The SMILES string of the molecule is COc1ccc(CCNC(=O)c2ccccc2NS(=O)(=O)c2ccc([N+](=O)[O-])cc2)cc1OC. The summed E-state index contributed by atoms with van der Waals surface area (Å²) in [6.07, 6.45) is 0.517. The third-order valence-electron chi connectivity index (χ3n) is 4.92. The molecule has 2 N–H and O–H groups in total. The first-order valence-electron chi connectivity index (χ1n) is 10.1. The van der Waals surface area contributed by atoms with Gasteiger partial charge in [0.15, 0.2) is 11.5 Å². The maximum Gasteiger partial charge on any atom is 0.269 e. The van der Waals surface area contributed by atoms with Gasteiger partial charge in [-0.2, -0.15) is 0 Å². The molecule has 3 aromatic carbocycles. The van der Waals surface area contributed by atoms with Gasteiger partial charge in [0.25, 0.3) is 21.6 Å². The van der Waals surface area contributed by atoms with E-state index in [1.807, 2.05) is 12.1 Å². The van der Waals surface area contributed by atoms with Gasteiger partial charge >= 0.3 is 0 Å². The van der Waals surface area contributed by atoms with Crippen molar-refractivity contribution in [2.75, 3.05) is 25.5 Å². The Kier molecular flexibility index (Phi) is 7.69. The van der Waals surface area contributed by atoms with Crippen LogP contribution in [0.1, 0.15) is 15.9 Å². The van der Waals surface area contributed by atoms with Gasteiger partial charge in [0.2, 0.25) is 0 Å². The fourth-order valence-electron chi connectivity index (χ4n) is 3.17. The number of anilines is 1. The van der Waals surface area contributed by atoms with Crippen LogP contribution in [0, 0.1) is 10.1 Å². The Labute approximate surface area is 196 Å². The minimum Gasteiger partial charge on any atom is -0.493 e. The van der Waals surface area contributed by atoms with Crippen LogP contribution in [0.15, 0.2) is 71.6 Å². The second-order valence-corrected chi connectivity index (χ2v) is 8.78. The number of non-ortho nitro benzene ring substituents is 1. The number of rotatable bonds is 10. The van der Waals surface area contributed by atoms with Gasteiger partial charge in [0.05, 0.1) is 35.3 Å².